The van der Waals surface area contributed by atoms with Crippen LogP contribution >= 0.6 is 0 Å². The van der Waals surface area contributed by atoms with Crippen LogP contribution in [0.2, 0.25) is 0 Å². The number of fused-ring (bicyclic) bond motifs is 1. The van der Waals surface area contributed by atoms with Gasteiger partial charge < -0.3 is 5.11 Å². The molecule has 4 heteroatoms. The molecule has 0 radical (unpaired) electrons. The average molecular weight is 304 g/mol. The summed E-state index contributed by atoms with van der Waals surface area (Å²) in [6, 6.07) is 10.5. The Balaban J connectivity index is 1.96. The Kier molecular flexibility index (Phi) is 3.69. The molecule has 0 atom stereocenters. The van der Waals surface area contributed by atoms with Crippen molar-refractivity contribution in [1.82, 2.24) is 0 Å². The van der Waals surface area contributed by atoms with E-state index in [4.69, 9.17) is 0 Å². The largest absolute Gasteiger partial charge is 0.508 e. The van der Waals surface area contributed by atoms with E-state index < -0.39 is 11.7 Å². The third-order valence-corrected chi connectivity index (χ3v) is 3.93. The van der Waals surface area contributed by atoms with E-state index in [9.17, 15) is 18.3 Å². The van der Waals surface area contributed by atoms with E-state index in [2.05, 4.69) is 0 Å². The quantitative estimate of drug-likeness (QED) is 0.759. The van der Waals surface area contributed by atoms with Crippen LogP contribution in [0.3, 0.4) is 0 Å². The summed E-state index contributed by atoms with van der Waals surface area (Å²) in [5.74, 6) is 0.241. The van der Waals surface area contributed by atoms with Crippen LogP contribution in [0.25, 0.3) is 11.6 Å². The first-order chi connectivity index (χ1) is 10.4. The highest BCUT2D eigenvalue weighted by atomic mass is 19.4. The lowest BCUT2D eigenvalue weighted by Gasteiger charge is -2.09. The standard InChI is InChI=1S/C18H15F3O/c19-18(20,21)16-7-4-12(5-8-16)13-2-1-3-14-11-17(22)9-6-15(14)10-13/h4-11,22H,1-3H2. The van der Waals surface area contributed by atoms with Crippen molar-refractivity contribution in [3.63, 3.8) is 0 Å². The number of benzene rings is 2. The maximum atomic E-state index is 12.6. The Labute approximate surface area is 126 Å². The smallest absolute Gasteiger partial charge is 0.416 e. The molecule has 0 unspecified atom stereocenters. The van der Waals surface area contributed by atoms with Gasteiger partial charge in [0.15, 0.2) is 0 Å². The van der Waals surface area contributed by atoms with Gasteiger partial charge in [0.25, 0.3) is 0 Å². The number of hydrogen-bond donors (Lipinski definition) is 1. The summed E-state index contributed by atoms with van der Waals surface area (Å²) in [4.78, 5) is 0. The molecule has 1 aliphatic rings. The van der Waals surface area contributed by atoms with Gasteiger partial charge in [-0.05, 0) is 65.8 Å². The van der Waals surface area contributed by atoms with E-state index in [1.165, 1.54) is 12.1 Å². The highest BCUT2D eigenvalue weighted by molar-refractivity contribution is 5.83. The van der Waals surface area contributed by atoms with Crippen molar-refractivity contribution in [2.75, 3.05) is 0 Å². The fourth-order valence-corrected chi connectivity index (χ4v) is 2.78. The van der Waals surface area contributed by atoms with Crippen molar-refractivity contribution in [3.05, 3.63) is 64.7 Å². The van der Waals surface area contributed by atoms with Gasteiger partial charge in [-0.15, -0.1) is 0 Å². The molecule has 0 heterocycles. The molecule has 0 amide bonds. The molecule has 1 nitrogen and oxygen atoms in total. The molecular formula is C18H15F3O. The zero-order chi connectivity index (χ0) is 15.7. The minimum absolute atomic E-state index is 0.241. The van der Waals surface area contributed by atoms with Gasteiger partial charge in [0.2, 0.25) is 0 Å². The van der Waals surface area contributed by atoms with E-state index in [0.717, 1.165) is 53.7 Å². The predicted octanol–water partition coefficient (Wildman–Crippen LogP) is 5.29. The maximum Gasteiger partial charge on any atom is 0.416 e. The van der Waals surface area contributed by atoms with Crippen LogP contribution < -0.4 is 0 Å². The maximum absolute atomic E-state index is 12.6. The molecule has 0 saturated heterocycles. The molecule has 0 aromatic heterocycles. The summed E-state index contributed by atoms with van der Waals surface area (Å²) in [5.41, 5.74) is 3.30. The van der Waals surface area contributed by atoms with Gasteiger partial charge >= 0.3 is 6.18 Å². The van der Waals surface area contributed by atoms with Crippen molar-refractivity contribution in [3.8, 4) is 5.75 Å². The summed E-state index contributed by atoms with van der Waals surface area (Å²) in [6.45, 7) is 0. The number of phenols is 1. The van der Waals surface area contributed by atoms with Gasteiger partial charge in [0.05, 0.1) is 5.56 Å². The SMILES string of the molecule is Oc1ccc2c(c1)CCCC(c1ccc(C(F)(F)F)cc1)=C2. The Bertz CT molecular complexity index is 712. The van der Waals surface area contributed by atoms with Gasteiger partial charge in [-0.1, -0.05) is 24.3 Å². The average Bonchev–Trinajstić information content (AvgIpc) is 2.68. The molecule has 0 spiro atoms. The van der Waals surface area contributed by atoms with Gasteiger partial charge in [-0.25, -0.2) is 0 Å². The fraction of sp³-hybridized carbons (Fsp3) is 0.222. The second-order valence-electron chi connectivity index (χ2n) is 5.48. The molecule has 22 heavy (non-hydrogen) atoms. The number of allylic oxidation sites excluding steroid dienone is 1. The first kappa shape index (κ1) is 14.7. The number of halogens is 3. The van der Waals surface area contributed by atoms with Crippen molar-refractivity contribution in [2.24, 2.45) is 0 Å². The van der Waals surface area contributed by atoms with Crippen LogP contribution in [0.4, 0.5) is 13.2 Å². The number of rotatable bonds is 1. The molecule has 2 aromatic rings. The van der Waals surface area contributed by atoms with Gasteiger partial charge in [-0.2, -0.15) is 13.2 Å². The highest BCUT2D eigenvalue weighted by Crippen LogP contribution is 2.33. The summed E-state index contributed by atoms with van der Waals surface area (Å²) in [6.07, 6.45) is 0.263. The monoisotopic (exact) mass is 304 g/mol. The van der Waals surface area contributed by atoms with Gasteiger partial charge in [0.1, 0.15) is 5.75 Å². The zero-order valence-corrected chi connectivity index (χ0v) is 11.8. The lowest BCUT2D eigenvalue weighted by Crippen LogP contribution is -2.04. The molecule has 2 aromatic carbocycles. The minimum Gasteiger partial charge on any atom is -0.508 e. The number of aromatic hydroxyl groups is 1. The second-order valence-corrected chi connectivity index (χ2v) is 5.48. The van der Waals surface area contributed by atoms with Crippen molar-refractivity contribution < 1.29 is 18.3 Å². The van der Waals surface area contributed by atoms with Crippen molar-refractivity contribution in [2.45, 2.75) is 25.4 Å². The lowest BCUT2D eigenvalue weighted by atomic mass is 9.99. The lowest BCUT2D eigenvalue weighted by molar-refractivity contribution is -0.137. The number of alkyl halides is 3. The molecule has 0 saturated carbocycles. The van der Waals surface area contributed by atoms with Crippen LogP contribution in [-0.4, -0.2) is 5.11 Å². The van der Waals surface area contributed by atoms with Crippen LogP contribution in [0.1, 0.15) is 35.1 Å². The predicted molar refractivity (Wildman–Crippen MR) is 80.4 cm³/mol. The molecule has 1 N–H and O–H groups in total. The van der Waals surface area contributed by atoms with Crippen LogP contribution in [0, 0.1) is 0 Å². The highest BCUT2D eigenvalue weighted by Gasteiger charge is 2.30. The van der Waals surface area contributed by atoms with E-state index in [1.54, 1.807) is 12.1 Å². The molecular weight excluding hydrogens is 289 g/mol. The van der Waals surface area contributed by atoms with Crippen LogP contribution in [0.15, 0.2) is 42.5 Å². The topological polar surface area (TPSA) is 20.2 Å². The van der Waals surface area contributed by atoms with Crippen LogP contribution in [-0.2, 0) is 12.6 Å². The van der Waals surface area contributed by atoms with E-state index in [0.29, 0.717) is 0 Å². The van der Waals surface area contributed by atoms with E-state index in [-0.39, 0.29) is 5.75 Å². The van der Waals surface area contributed by atoms with Gasteiger partial charge in [0, 0.05) is 0 Å². The molecule has 1 aliphatic carbocycles. The first-order valence-corrected chi connectivity index (χ1v) is 7.13. The molecule has 3 rings (SSSR count). The molecule has 0 bridgehead atoms. The normalized spacial score (nSPS) is 15.0. The third-order valence-electron chi connectivity index (χ3n) is 3.93. The van der Waals surface area contributed by atoms with Gasteiger partial charge in [-0.3, -0.25) is 0 Å². The summed E-state index contributed by atoms with van der Waals surface area (Å²) < 4.78 is 37.9. The summed E-state index contributed by atoms with van der Waals surface area (Å²) >= 11 is 0. The molecule has 0 aliphatic heterocycles. The third kappa shape index (κ3) is 3.01. The van der Waals surface area contributed by atoms with E-state index >= 15 is 0 Å². The van der Waals surface area contributed by atoms with Crippen LogP contribution in [0.5, 0.6) is 5.75 Å². The Morgan fingerprint density at radius 3 is 2.32 bits per heavy atom. The summed E-state index contributed by atoms with van der Waals surface area (Å²) in [7, 11) is 0. The second kappa shape index (κ2) is 5.52. The molecule has 0 fully saturated rings. The minimum atomic E-state index is -4.31. The molecule has 114 valence electrons. The van der Waals surface area contributed by atoms with Crippen molar-refractivity contribution >= 4 is 11.6 Å². The Morgan fingerprint density at radius 2 is 1.64 bits per heavy atom. The fourth-order valence-electron chi connectivity index (χ4n) is 2.78. The number of phenolic OH excluding ortho intramolecular Hbond substituents is 1. The van der Waals surface area contributed by atoms with Crippen molar-refractivity contribution in [1.29, 1.82) is 0 Å². The summed E-state index contributed by atoms with van der Waals surface area (Å²) in [5, 5.41) is 9.54. The first-order valence-electron chi connectivity index (χ1n) is 7.13. The Morgan fingerprint density at radius 1 is 0.909 bits per heavy atom. The number of aryl methyl sites for hydroxylation is 1. The Hall–Kier alpha value is -2.23. The number of hydrogen-bond acceptors (Lipinski definition) is 1. The zero-order valence-electron chi connectivity index (χ0n) is 11.8. The van der Waals surface area contributed by atoms with E-state index in [1.807, 2.05) is 12.1 Å².